The van der Waals surface area contributed by atoms with Gasteiger partial charge >= 0.3 is 0 Å². The van der Waals surface area contributed by atoms with Crippen LogP contribution in [0.15, 0.2) is 18.2 Å². The van der Waals surface area contributed by atoms with E-state index in [2.05, 4.69) is 17.4 Å². The van der Waals surface area contributed by atoms with Crippen molar-refractivity contribution in [3.8, 4) is 0 Å². The van der Waals surface area contributed by atoms with Gasteiger partial charge in [0, 0.05) is 11.7 Å². The Morgan fingerprint density at radius 2 is 2.06 bits per heavy atom. The quantitative estimate of drug-likeness (QED) is 0.704. The molecule has 90 valence electrons. The van der Waals surface area contributed by atoms with Crippen molar-refractivity contribution in [1.82, 2.24) is 5.32 Å². The zero-order valence-electron chi connectivity index (χ0n) is 9.11. The van der Waals surface area contributed by atoms with E-state index in [0.29, 0.717) is 6.04 Å². The molecule has 0 bridgehead atoms. The second-order valence-corrected chi connectivity index (χ2v) is 4.47. The van der Waals surface area contributed by atoms with Crippen LogP contribution < -0.4 is 11.1 Å². The van der Waals surface area contributed by atoms with E-state index in [0.717, 1.165) is 11.6 Å². The van der Waals surface area contributed by atoms with Crippen LogP contribution in [0.1, 0.15) is 29.9 Å². The first-order valence-corrected chi connectivity index (χ1v) is 5.46. The average molecular weight is 261 g/mol. The summed E-state index contributed by atoms with van der Waals surface area (Å²) in [4.78, 5) is 0. The van der Waals surface area contributed by atoms with Gasteiger partial charge in [-0.15, -0.1) is 24.8 Å². The van der Waals surface area contributed by atoms with E-state index >= 15 is 0 Å². The van der Waals surface area contributed by atoms with Crippen molar-refractivity contribution in [3.05, 3.63) is 29.3 Å². The maximum absolute atomic E-state index is 5.80. The summed E-state index contributed by atoms with van der Waals surface area (Å²) in [5.74, 6) is 0.749. The predicted octanol–water partition coefficient (Wildman–Crippen LogP) is 2.50. The van der Waals surface area contributed by atoms with Gasteiger partial charge in [0.15, 0.2) is 0 Å². The lowest BCUT2D eigenvalue weighted by Crippen LogP contribution is -2.37. The Bertz CT molecular complexity index is 368. The van der Waals surface area contributed by atoms with Crippen molar-refractivity contribution in [1.29, 1.82) is 0 Å². The molecule has 1 aromatic carbocycles. The standard InChI is InChI=1S/C12H16N2.2ClH/c13-9-3-4-10-8(6-9)7-12-11(10)2-1-5-14-12;;/h3-4,6,11-12,14H,1-2,5,7,13H2;2*1H. The second kappa shape index (κ2) is 5.26. The number of fused-ring (bicyclic) bond motifs is 3. The SMILES string of the molecule is Cl.Cl.Nc1ccc2c(c1)CC1NCCCC21. The minimum Gasteiger partial charge on any atom is -0.399 e. The molecule has 1 aromatic rings. The van der Waals surface area contributed by atoms with Gasteiger partial charge in [0.05, 0.1) is 0 Å². The maximum atomic E-state index is 5.80. The van der Waals surface area contributed by atoms with Gasteiger partial charge in [-0.25, -0.2) is 0 Å². The predicted molar refractivity (Wildman–Crippen MR) is 72.8 cm³/mol. The fourth-order valence-electron chi connectivity index (χ4n) is 2.94. The molecular formula is C12H18Cl2N2. The maximum Gasteiger partial charge on any atom is 0.0316 e. The number of hydrogen-bond acceptors (Lipinski definition) is 2. The summed E-state index contributed by atoms with van der Waals surface area (Å²) in [5, 5.41) is 3.61. The molecule has 0 saturated carbocycles. The largest absolute Gasteiger partial charge is 0.399 e. The smallest absolute Gasteiger partial charge is 0.0316 e. The summed E-state index contributed by atoms with van der Waals surface area (Å²) in [7, 11) is 0. The highest BCUT2D eigenvalue weighted by molar-refractivity contribution is 5.85. The summed E-state index contributed by atoms with van der Waals surface area (Å²) in [6, 6.07) is 7.09. The molecule has 16 heavy (non-hydrogen) atoms. The van der Waals surface area contributed by atoms with Crippen LogP contribution in [0.4, 0.5) is 5.69 Å². The minimum absolute atomic E-state index is 0. The molecule has 0 spiro atoms. The highest BCUT2D eigenvalue weighted by Gasteiger charge is 2.33. The van der Waals surface area contributed by atoms with Gasteiger partial charge in [-0.3, -0.25) is 0 Å². The zero-order chi connectivity index (χ0) is 9.54. The number of nitrogens with one attached hydrogen (secondary N) is 1. The Morgan fingerprint density at radius 3 is 2.88 bits per heavy atom. The molecule has 4 heteroatoms. The van der Waals surface area contributed by atoms with E-state index in [9.17, 15) is 0 Å². The van der Waals surface area contributed by atoms with Crippen LogP contribution in [0.3, 0.4) is 0 Å². The summed E-state index contributed by atoms with van der Waals surface area (Å²) < 4.78 is 0. The highest BCUT2D eigenvalue weighted by atomic mass is 35.5. The van der Waals surface area contributed by atoms with Gasteiger partial charge in [-0.2, -0.15) is 0 Å². The molecular weight excluding hydrogens is 243 g/mol. The second-order valence-electron chi connectivity index (χ2n) is 4.47. The third-order valence-electron chi connectivity index (χ3n) is 3.59. The molecule has 0 amide bonds. The molecule has 0 radical (unpaired) electrons. The molecule has 1 fully saturated rings. The molecule has 1 saturated heterocycles. The van der Waals surface area contributed by atoms with Gasteiger partial charge in [-0.05, 0) is 55.0 Å². The van der Waals surface area contributed by atoms with Crippen LogP contribution in [0.25, 0.3) is 0 Å². The summed E-state index contributed by atoms with van der Waals surface area (Å²) >= 11 is 0. The fraction of sp³-hybridized carbons (Fsp3) is 0.500. The van der Waals surface area contributed by atoms with Crippen LogP contribution in [0, 0.1) is 0 Å². The van der Waals surface area contributed by atoms with Crippen molar-refractivity contribution in [2.24, 2.45) is 0 Å². The number of nitrogens with two attached hydrogens (primary N) is 1. The van der Waals surface area contributed by atoms with Crippen molar-refractivity contribution in [3.63, 3.8) is 0 Å². The Hall–Kier alpha value is -0.440. The third kappa shape index (κ3) is 2.15. The molecule has 2 atom stereocenters. The normalized spacial score (nSPS) is 26.0. The zero-order valence-corrected chi connectivity index (χ0v) is 10.7. The van der Waals surface area contributed by atoms with Crippen molar-refractivity contribution >= 4 is 30.5 Å². The molecule has 2 aliphatic rings. The van der Waals surface area contributed by atoms with E-state index in [4.69, 9.17) is 5.73 Å². The number of nitrogen functional groups attached to an aromatic ring is 1. The van der Waals surface area contributed by atoms with Crippen LogP contribution in [0.5, 0.6) is 0 Å². The van der Waals surface area contributed by atoms with Crippen LogP contribution in [0.2, 0.25) is 0 Å². The lowest BCUT2D eigenvalue weighted by molar-refractivity contribution is 0.372. The first-order chi connectivity index (χ1) is 6.84. The van der Waals surface area contributed by atoms with Gasteiger partial charge in [0.1, 0.15) is 0 Å². The number of anilines is 1. The van der Waals surface area contributed by atoms with Crippen LogP contribution in [-0.4, -0.2) is 12.6 Å². The third-order valence-corrected chi connectivity index (χ3v) is 3.59. The first-order valence-electron chi connectivity index (χ1n) is 5.46. The highest BCUT2D eigenvalue weighted by Crippen LogP contribution is 2.38. The van der Waals surface area contributed by atoms with Crippen molar-refractivity contribution < 1.29 is 0 Å². The average Bonchev–Trinajstić information content (AvgIpc) is 2.54. The van der Waals surface area contributed by atoms with E-state index in [1.807, 2.05) is 6.07 Å². The Morgan fingerprint density at radius 1 is 1.25 bits per heavy atom. The van der Waals surface area contributed by atoms with E-state index in [1.165, 1.54) is 36.9 Å². The van der Waals surface area contributed by atoms with E-state index in [1.54, 1.807) is 0 Å². The number of rotatable bonds is 0. The Labute approximate surface area is 109 Å². The lowest BCUT2D eigenvalue weighted by atomic mass is 9.90. The number of hydrogen-bond donors (Lipinski definition) is 2. The molecule has 3 rings (SSSR count). The number of halogens is 2. The minimum atomic E-state index is 0. The monoisotopic (exact) mass is 260 g/mol. The van der Waals surface area contributed by atoms with Crippen LogP contribution >= 0.6 is 24.8 Å². The van der Waals surface area contributed by atoms with Crippen molar-refractivity contribution in [2.75, 3.05) is 12.3 Å². The number of benzene rings is 1. The fourth-order valence-corrected chi connectivity index (χ4v) is 2.94. The summed E-state index contributed by atoms with van der Waals surface area (Å²) in [6.07, 6.45) is 3.82. The molecule has 0 aromatic heterocycles. The van der Waals surface area contributed by atoms with Gasteiger partial charge in [0.2, 0.25) is 0 Å². The topological polar surface area (TPSA) is 38.0 Å². The molecule has 2 unspecified atom stereocenters. The summed E-state index contributed by atoms with van der Waals surface area (Å²) in [6.45, 7) is 1.19. The lowest BCUT2D eigenvalue weighted by Gasteiger charge is -2.26. The van der Waals surface area contributed by atoms with Crippen LogP contribution in [-0.2, 0) is 6.42 Å². The molecule has 3 N–H and O–H groups in total. The van der Waals surface area contributed by atoms with Gasteiger partial charge in [0.25, 0.3) is 0 Å². The van der Waals surface area contributed by atoms with Gasteiger partial charge < -0.3 is 11.1 Å². The molecule has 1 aliphatic heterocycles. The van der Waals surface area contributed by atoms with Gasteiger partial charge in [-0.1, -0.05) is 6.07 Å². The Kier molecular flexibility index (Phi) is 4.48. The Balaban J connectivity index is 0.000000640. The molecule has 2 nitrogen and oxygen atoms in total. The molecule has 1 aliphatic carbocycles. The van der Waals surface area contributed by atoms with E-state index < -0.39 is 0 Å². The van der Waals surface area contributed by atoms with E-state index in [-0.39, 0.29) is 24.8 Å². The number of piperidine rings is 1. The van der Waals surface area contributed by atoms with Crippen molar-refractivity contribution in [2.45, 2.75) is 31.2 Å². The first kappa shape index (κ1) is 13.6. The summed E-state index contributed by atoms with van der Waals surface area (Å²) in [5.41, 5.74) is 9.71. The molecule has 1 heterocycles.